The molecule has 2 aromatic heterocycles. The van der Waals surface area contributed by atoms with Crippen molar-refractivity contribution in [2.75, 3.05) is 18.1 Å². The van der Waals surface area contributed by atoms with Crippen LogP contribution in [-0.4, -0.2) is 88.4 Å². The molecule has 2 aromatic rings. The molecule has 18 heteroatoms. The van der Waals surface area contributed by atoms with Gasteiger partial charge in [-0.1, -0.05) is 11.2 Å². The molecule has 0 saturated carbocycles. The summed E-state index contributed by atoms with van der Waals surface area (Å²) < 4.78 is 0.475. The molecule has 16 nitrogen and oxygen atoms in total. The van der Waals surface area contributed by atoms with Crippen LogP contribution in [0.25, 0.3) is 6.08 Å². The molecule has 0 unspecified atom stereocenters. The van der Waals surface area contributed by atoms with E-state index in [1.165, 1.54) is 17.5 Å². The van der Waals surface area contributed by atoms with Crippen LogP contribution in [0.2, 0.25) is 0 Å². The van der Waals surface area contributed by atoms with Crippen LogP contribution in [0.15, 0.2) is 44.9 Å². The van der Waals surface area contributed by atoms with Crippen molar-refractivity contribution in [1.29, 1.82) is 0 Å². The number of oxime groups is 1. The molecule has 0 aliphatic carbocycles. The van der Waals surface area contributed by atoms with Crippen LogP contribution in [0.1, 0.15) is 11.4 Å². The van der Waals surface area contributed by atoms with Gasteiger partial charge in [0.25, 0.3) is 11.8 Å². The van der Waals surface area contributed by atoms with Gasteiger partial charge in [0.1, 0.15) is 22.8 Å². The number of rotatable bonds is 9. The van der Waals surface area contributed by atoms with E-state index in [2.05, 4.69) is 20.3 Å². The molecule has 2 aliphatic heterocycles. The highest BCUT2D eigenvalue weighted by molar-refractivity contribution is 8.00. The number of β-lactam (4-membered cyclic amide) rings is 1. The molecule has 0 radical (unpaired) electrons. The number of nitrogens with zero attached hydrogens (tertiary/aromatic N) is 4. The number of carboxylic acid groups (broad SMARTS) is 2. The van der Waals surface area contributed by atoms with Gasteiger partial charge in [-0.25, -0.2) is 14.6 Å². The minimum absolute atomic E-state index is 0.0181. The second kappa shape index (κ2) is 10.9. The second-order valence-corrected chi connectivity index (χ2v) is 9.84. The number of fused-ring (bicyclic) bond motifs is 1. The van der Waals surface area contributed by atoms with Crippen molar-refractivity contribution in [1.82, 2.24) is 19.9 Å². The molecular formula is C21H18N6O10S2. The van der Waals surface area contributed by atoms with Crippen molar-refractivity contribution in [2.24, 2.45) is 5.16 Å². The van der Waals surface area contributed by atoms with Gasteiger partial charge in [0.05, 0.1) is 11.9 Å². The Kier molecular flexibility index (Phi) is 7.58. The van der Waals surface area contributed by atoms with Crippen molar-refractivity contribution < 1.29 is 44.5 Å². The van der Waals surface area contributed by atoms with Crippen LogP contribution < -0.4 is 16.5 Å². The number of hydrogen-bond donors (Lipinski definition) is 6. The fourth-order valence-electron chi connectivity index (χ4n) is 3.57. The van der Waals surface area contributed by atoms with Gasteiger partial charge in [-0.3, -0.25) is 19.3 Å². The summed E-state index contributed by atoms with van der Waals surface area (Å²) in [4.78, 5) is 69.9. The number of nitrogen functional groups attached to an aromatic ring is 1. The SMILES string of the molecule is Nc1nc(C(=NOCC(=O)O)C(=O)N[C@@H]2C(=O)N3C(C(=O)O)=C(C=Cc4cc(=O)c(O)cn4O)CS[C@H]23)cs1. The molecule has 39 heavy (non-hydrogen) atoms. The lowest BCUT2D eigenvalue weighted by atomic mass is 10.0. The van der Waals surface area contributed by atoms with Gasteiger partial charge in [-0.05, 0) is 11.6 Å². The van der Waals surface area contributed by atoms with Crippen LogP contribution in [0, 0.1) is 0 Å². The molecule has 0 bridgehead atoms. The number of aliphatic carboxylic acids is 2. The molecule has 2 atom stereocenters. The van der Waals surface area contributed by atoms with E-state index in [0.29, 0.717) is 4.73 Å². The first-order chi connectivity index (χ1) is 18.5. The first-order valence-corrected chi connectivity index (χ1v) is 12.6. The number of anilines is 1. The third kappa shape index (κ3) is 5.55. The number of hydrogen-bond acceptors (Lipinski definition) is 13. The number of allylic oxidation sites excluding steroid dienone is 1. The van der Waals surface area contributed by atoms with Gasteiger partial charge in [0.15, 0.2) is 16.6 Å². The Hall–Kier alpha value is -4.84. The van der Waals surface area contributed by atoms with E-state index in [-0.39, 0.29) is 33.5 Å². The van der Waals surface area contributed by atoms with Gasteiger partial charge in [0, 0.05) is 17.2 Å². The molecule has 1 fully saturated rings. The summed E-state index contributed by atoms with van der Waals surface area (Å²) >= 11 is 2.13. The molecule has 4 heterocycles. The number of amides is 2. The third-order valence-corrected chi connectivity index (χ3v) is 7.28. The van der Waals surface area contributed by atoms with Crippen molar-refractivity contribution in [3.05, 3.63) is 56.6 Å². The van der Waals surface area contributed by atoms with E-state index in [1.807, 2.05) is 0 Å². The Morgan fingerprint density at radius 2 is 2.03 bits per heavy atom. The summed E-state index contributed by atoms with van der Waals surface area (Å²) in [6.07, 6.45) is 3.32. The zero-order valence-corrected chi connectivity index (χ0v) is 21.0. The summed E-state index contributed by atoms with van der Waals surface area (Å²) in [6.45, 7) is -0.843. The predicted molar refractivity (Wildman–Crippen MR) is 135 cm³/mol. The quantitative estimate of drug-likeness (QED) is 0.0914. The fourth-order valence-corrected chi connectivity index (χ4v) is 5.44. The highest BCUT2D eigenvalue weighted by Gasteiger charge is 2.54. The minimum atomic E-state index is -1.42. The van der Waals surface area contributed by atoms with E-state index in [4.69, 9.17) is 10.8 Å². The van der Waals surface area contributed by atoms with Crippen LogP contribution >= 0.6 is 23.1 Å². The van der Waals surface area contributed by atoms with Gasteiger partial charge in [-0.15, -0.1) is 23.1 Å². The van der Waals surface area contributed by atoms with Gasteiger partial charge in [-0.2, -0.15) is 4.73 Å². The number of thiazole rings is 1. The molecule has 7 N–H and O–H groups in total. The Labute approximate surface area is 225 Å². The maximum atomic E-state index is 12.9. The molecule has 0 spiro atoms. The first-order valence-electron chi connectivity index (χ1n) is 10.7. The maximum Gasteiger partial charge on any atom is 0.352 e. The number of pyridine rings is 1. The number of carbonyl (C=O) groups is 4. The minimum Gasteiger partial charge on any atom is -0.503 e. The van der Waals surface area contributed by atoms with Gasteiger partial charge < -0.3 is 36.4 Å². The summed E-state index contributed by atoms with van der Waals surface area (Å²) in [5, 5.41) is 44.5. The largest absolute Gasteiger partial charge is 0.503 e. The molecule has 0 aromatic carbocycles. The number of aromatic nitrogens is 2. The van der Waals surface area contributed by atoms with E-state index in [0.717, 1.165) is 40.3 Å². The van der Waals surface area contributed by atoms with Crippen LogP contribution in [0.5, 0.6) is 5.75 Å². The lowest BCUT2D eigenvalue weighted by Gasteiger charge is -2.49. The Morgan fingerprint density at radius 3 is 2.67 bits per heavy atom. The first kappa shape index (κ1) is 27.2. The average molecular weight is 579 g/mol. The molecular weight excluding hydrogens is 560 g/mol. The lowest BCUT2D eigenvalue weighted by Crippen LogP contribution is -2.71. The van der Waals surface area contributed by atoms with Crippen LogP contribution in [-0.2, 0) is 24.0 Å². The predicted octanol–water partition coefficient (Wildman–Crippen LogP) is -0.913. The topological polar surface area (TPSA) is 247 Å². The highest BCUT2D eigenvalue weighted by atomic mass is 32.2. The number of carboxylic acids is 2. The van der Waals surface area contributed by atoms with Gasteiger partial charge in [0.2, 0.25) is 12.0 Å². The van der Waals surface area contributed by atoms with E-state index < -0.39 is 58.7 Å². The fraction of sp³-hybridized carbons (Fsp3) is 0.190. The lowest BCUT2D eigenvalue weighted by molar-refractivity contribution is -0.150. The zero-order chi connectivity index (χ0) is 28.4. The number of carbonyl (C=O) groups excluding carboxylic acids is 2. The Balaban J connectivity index is 1.55. The van der Waals surface area contributed by atoms with E-state index in [9.17, 15) is 39.4 Å². The Bertz CT molecular complexity index is 1530. The Morgan fingerprint density at radius 1 is 1.28 bits per heavy atom. The smallest absolute Gasteiger partial charge is 0.352 e. The molecule has 4 rings (SSSR count). The summed E-state index contributed by atoms with van der Waals surface area (Å²) in [7, 11) is 0. The van der Waals surface area contributed by atoms with Crippen molar-refractivity contribution in [3.63, 3.8) is 0 Å². The van der Waals surface area contributed by atoms with E-state index >= 15 is 0 Å². The normalized spacial score (nSPS) is 19.0. The number of thioether (sulfide) groups is 1. The number of nitrogens with one attached hydrogen (secondary N) is 1. The number of nitrogens with two attached hydrogens (primary N) is 1. The molecule has 2 amide bonds. The zero-order valence-electron chi connectivity index (χ0n) is 19.4. The van der Waals surface area contributed by atoms with Crippen LogP contribution in [0.4, 0.5) is 5.13 Å². The third-order valence-electron chi connectivity index (χ3n) is 5.31. The summed E-state index contributed by atoms with van der Waals surface area (Å²) in [5.41, 5.74) is 4.15. The second-order valence-electron chi connectivity index (χ2n) is 7.84. The van der Waals surface area contributed by atoms with Crippen molar-refractivity contribution in [2.45, 2.75) is 11.4 Å². The standard InChI is InChI=1S/C21H18N6O10S2/c22-21-23-10(7-39-21)14(25-37-5-13(30)31)17(32)24-15-18(33)27-16(20(34)35)8(6-38-19(15)27)1-2-9-3-11(28)12(29)4-26(9)36/h1-4,7,15,19,29,36H,5-6H2,(H2,22,23)(H,24,32)(H,30,31)(H,34,35)/t15-,19-/m1/s1. The molecule has 2 aliphatic rings. The molecule has 1 saturated heterocycles. The summed E-state index contributed by atoms with van der Waals surface area (Å²) in [5.74, 6) is -5.04. The van der Waals surface area contributed by atoms with E-state index in [1.54, 1.807) is 0 Å². The maximum absolute atomic E-state index is 12.9. The number of aromatic hydroxyl groups is 1. The van der Waals surface area contributed by atoms with Crippen molar-refractivity contribution in [3.8, 4) is 5.75 Å². The molecule has 204 valence electrons. The highest BCUT2D eigenvalue weighted by Crippen LogP contribution is 2.40. The van der Waals surface area contributed by atoms with Crippen LogP contribution in [0.3, 0.4) is 0 Å². The summed E-state index contributed by atoms with van der Waals surface area (Å²) in [6, 6.07) is -0.218. The monoisotopic (exact) mass is 578 g/mol. The average Bonchev–Trinajstić information content (AvgIpc) is 3.31. The van der Waals surface area contributed by atoms with Crippen molar-refractivity contribution >= 4 is 63.8 Å². The van der Waals surface area contributed by atoms with Gasteiger partial charge >= 0.3 is 11.9 Å².